The topological polar surface area (TPSA) is 105 Å². The summed E-state index contributed by atoms with van der Waals surface area (Å²) in [5.41, 5.74) is 1.96. The maximum atomic E-state index is 12.8. The predicted octanol–water partition coefficient (Wildman–Crippen LogP) is 2.99. The van der Waals surface area contributed by atoms with Crippen LogP contribution in [0.25, 0.3) is 0 Å². The van der Waals surface area contributed by atoms with Gasteiger partial charge in [-0.25, -0.2) is 18.1 Å². The van der Waals surface area contributed by atoms with Gasteiger partial charge in [0.2, 0.25) is 10.0 Å². The summed E-state index contributed by atoms with van der Waals surface area (Å²) in [5.74, 6) is 1.09. The highest BCUT2D eigenvalue weighted by Gasteiger charge is 2.19. The van der Waals surface area contributed by atoms with Crippen molar-refractivity contribution in [3.63, 3.8) is 0 Å². The van der Waals surface area contributed by atoms with Crippen LogP contribution in [0.1, 0.15) is 40.1 Å². The minimum atomic E-state index is -3.80. The molecule has 2 N–H and O–H groups in total. The van der Waals surface area contributed by atoms with Gasteiger partial charge in [-0.1, -0.05) is 6.07 Å². The Morgan fingerprint density at radius 3 is 2.69 bits per heavy atom. The van der Waals surface area contributed by atoms with Gasteiger partial charge in [-0.2, -0.15) is 0 Å². The molecule has 32 heavy (non-hydrogen) atoms. The zero-order valence-corrected chi connectivity index (χ0v) is 18.7. The standard InChI is InChI=1S/C23H26N4O4S/c1-17-6-7-20(32(29,30)26-16-19-5-4-12-31-19)14-21(17)23(28)25-15-18-8-9-24-22(13-18)27-10-2-3-11-27/h4-9,12-14,26H,2-3,10-11,15-16H2,1H3,(H,25,28). The number of furan rings is 1. The molecule has 8 nitrogen and oxygen atoms in total. The van der Waals surface area contributed by atoms with Gasteiger partial charge in [0.15, 0.2) is 0 Å². The van der Waals surface area contributed by atoms with E-state index in [1.165, 1.54) is 18.4 Å². The second-order valence-electron chi connectivity index (χ2n) is 7.78. The Bertz CT molecular complexity index is 1190. The molecular formula is C23H26N4O4S. The highest BCUT2D eigenvalue weighted by atomic mass is 32.2. The molecular weight excluding hydrogens is 428 g/mol. The minimum absolute atomic E-state index is 0.0278. The first kappa shape index (κ1) is 22.0. The summed E-state index contributed by atoms with van der Waals surface area (Å²) in [6, 6.07) is 11.7. The van der Waals surface area contributed by atoms with Crippen LogP contribution in [0, 0.1) is 6.92 Å². The third kappa shape index (κ3) is 5.17. The molecule has 4 rings (SSSR count). The highest BCUT2D eigenvalue weighted by molar-refractivity contribution is 7.89. The van der Waals surface area contributed by atoms with Gasteiger partial charge in [-0.15, -0.1) is 0 Å². The van der Waals surface area contributed by atoms with Crippen LogP contribution < -0.4 is 14.9 Å². The number of benzene rings is 1. The van der Waals surface area contributed by atoms with E-state index in [0.717, 1.165) is 37.3 Å². The number of hydrogen-bond donors (Lipinski definition) is 2. The number of pyridine rings is 1. The lowest BCUT2D eigenvalue weighted by Gasteiger charge is -2.17. The Labute approximate surface area is 187 Å². The molecule has 1 saturated heterocycles. The van der Waals surface area contributed by atoms with Crippen LogP contribution in [0.5, 0.6) is 0 Å². The van der Waals surface area contributed by atoms with E-state index in [1.807, 2.05) is 12.1 Å². The first-order chi connectivity index (χ1) is 15.4. The number of amides is 1. The molecule has 168 valence electrons. The van der Waals surface area contributed by atoms with Gasteiger partial charge < -0.3 is 14.6 Å². The van der Waals surface area contributed by atoms with Crippen molar-refractivity contribution in [3.8, 4) is 0 Å². The zero-order chi connectivity index (χ0) is 22.6. The number of hydrogen-bond acceptors (Lipinski definition) is 6. The monoisotopic (exact) mass is 454 g/mol. The number of carbonyl (C=O) groups excluding carboxylic acids is 1. The maximum Gasteiger partial charge on any atom is 0.251 e. The summed E-state index contributed by atoms with van der Waals surface area (Å²) >= 11 is 0. The van der Waals surface area contributed by atoms with Gasteiger partial charge in [0.05, 0.1) is 17.7 Å². The molecule has 1 aliphatic heterocycles. The number of rotatable bonds is 8. The molecule has 3 heterocycles. The van der Waals surface area contributed by atoms with Crippen molar-refractivity contribution in [2.75, 3.05) is 18.0 Å². The van der Waals surface area contributed by atoms with Gasteiger partial charge in [0, 0.05) is 31.4 Å². The highest BCUT2D eigenvalue weighted by Crippen LogP contribution is 2.19. The number of aryl methyl sites for hydroxylation is 1. The first-order valence-corrected chi connectivity index (χ1v) is 12.0. The third-order valence-electron chi connectivity index (χ3n) is 5.47. The number of aromatic nitrogens is 1. The van der Waals surface area contributed by atoms with Gasteiger partial charge in [0.25, 0.3) is 5.91 Å². The SMILES string of the molecule is Cc1ccc(S(=O)(=O)NCc2ccco2)cc1C(=O)NCc1ccnc(N2CCCC2)c1. The van der Waals surface area contributed by atoms with Crippen molar-refractivity contribution in [2.24, 2.45) is 0 Å². The third-order valence-corrected chi connectivity index (χ3v) is 6.87. The summed E-state index contributed by atoms with van der Waals surface area (Å²) in [5, 5.41) is 2.89. The Morgan fingerprint density at radius 1 is 1.12 bits per heavy atom. The van der Waals surface area contributed by atoms with Crippen LogP contribution in [-0.4, -0.2) is 32.4 Å². The number of nitrogens with one attached hydrogen (secondary N) is 2. The lowest BCUT2D eigenvalue weighted by atomic mass is 10.1. The fraction of sp³-hybridized carbons (Fsp3) is 0.304. The quantitative estimate of drug-likeness (QED) is 0.542. The van der Waals surface area contributed by atoms with Crippen molar-refractivity contribution in [3.05, 3.63) is 77.4 Å². The van der Waals surface area contributed by atoms with Crippen molar-refractivity contribution in [1.82, 2.24) is 15.0 Å². The number of anilines is 1. The van der Waals surface area contributed by atoms with E-state index < -0.39 is 10.0 Å². The molecule has 0 bridgehead atoms. The molecule has 1 aliphatic rings. The van der Waals surface area contributed by atoms with E-state index >= 15 is 0 Å². The molecule has 3 aromatic rings. The van der Waals surface area contributed by atoms with Crippen LogP contribution in [0.4, 0.5) is 5.82 Å². The minimum Gasteiger partial charge on any atom is -0.468 e. The van der Waals surface area contributed by atoms with E-state index in [9.17, 15) is 13.2 Å². The molecule has 1 fully saturated rings. The Kier molecular flexibility index (Phi) is 6.57. The molecule has 1 amide bonds. The summed E-state index contributed by atoms with van der Waals surface area (Å²) in [7, 11) is -3.80. The first-order valence-electron chi connectivity index (χ1n) is 10.5. The molecule has 9 heteroatoms. The lowest BCUT2D eigenvalue weighted by molar-refractivity contribution is 0.0950. The summed E-state index contributed by atoms with van der Waals surface area (Å²) < 4.78 is 33.0. The van der Waals surface area contributed by atoms with E-state index in [2.05, 4.69) is 19.9 Å². The summed E-state index contributed by atoms with van der Waals surface area (Å²) in [4.78, 5) is 19.5. The molecule has 0 aliphatic carbocycles. The average molecular weight is 455 g/mol. The second kappa shape index (κ2) is 9.54. The molecule has 2 aromatic heterocycles. The number of sulfonamides is 1. The van der Waals surface area contributed by atoms with Gasteiger partial charge >= 0.3 is 0 Å². The lowest BCUT2D eigenvalue weighted by Crippen LogP contribution is -2.26. The fourth-order valence-electron chi connectivity index (χ4n) is 3.64. The normalized spacial score (nSPS) is 14.0. The Balaban J connectivity index is 1.44. The predicted molar refractivity (Wildman–Crippen MR) is 121 cm³/mol. The second-order valence-corrected chi connectivity index (χ2v) is 9.55. The smallest absolute Gasteiger partial charge is 0.251 e. The maximum absolute atomic E-state index is 12.8. The molecule has 0 radical (unpaired) electrons. The van der Waals surface area contributed by atoms with Crippen LogP contribution in [0.15, 0.2) is 64.2 Å². The van der Waals surface area contributed by atoms with Gasteiger partial charge in [0.1, 0.15) is 11.6 Å². The largest absolute Gasteiger partial charge is 0.468 e. The van der Waals surface area contributed by atoms with Gasteiger partial charge in [-0.3, -0.25) is 4.79 Å². The molecule has 0 saturated carbocycles. The van der Waals surface area contributed by atoms with E-state index in [1.54, 1.807) is 31.3 Å². The Morgan fingerprint density at radius 2 is 1.94 bits per heavy atom. The van der Waals surface area contributed by atoms with Gasteiger partial charge in [-0.05, 0) is 67.3 Å². The number of carbonyl (C=O) groups is 1. The van der Waals surface area contributed by atoms with E-state index in [4.69, 9.17) is 4.42 Å². The fourth-order valence-corrected chi connectivity index (χ4v) is 4.66. The molecule has 0 unspecified atom stereocenters. The van der Waals surface area contributed by atoms with E-state index in [-0.39, 0.29) is 17.3 Å². The average Bonchev–Trinajstić information content (AvgIpc) is 3.51. The summed E-state index contributed by atoms with van der Waals surface area (Å²) in [6.45, 7) is 4.13. The molecule has 1 aromatic carbocycles. The van der Waals surface area contributed by atoms with Crippen LogP contribution in [-0.2, 0) is 23.1 Å². The van der Waals surface area contributed by atoms with Crippen LogP contribution >= 0.6 is 0 Å². The van der Waals surface area contributed by atoms with Crippen LogP contribution in [0.3, 0.4) is 0 Å². The van der Waals surface area contributed by atoms with Crippen molar-refractivity contribution < 1.29 is 17.6 Å². The van der Waals surface area contributed by atoms with Crippen molar-refractivity contribution in [1.29, 1.82) is 0 Å². The summed E-state index contributed by atoms with van der Waals surface area (Å²) in [6.07, 6.45) is 5.56. The number of nitrogens with zero attached hydrogens (tertiary/aromatic N) is 2. The van der Waals surface area contributed by atoms with Crippen LogP contribution in [0.2, 0.25) is 0 Å². The molecule has 0 atom stereocenters. The van der Waals surface area contributed by atoms with Crippen molar-refractivity contribution in [2.45, 2.75) is 37.8 Å². The van der Waals surface area contributed by atoms with Crippen molar-refractivity contribution >= 4 is 21.7 Å². The Hall–Kier alpha value is -3.17. The molecule has 0 spiro atoms. The zero-order valence-electron chi connectivity index (χ0n) is 17.9. The van der Waals surface area contributed by atoms with E-state index in [0.29, 0.717) is 23.4 Å².